The van der Waals surface area contributed by atoms with Crippen molar-refractivity contribution in [1.82, 2.24) is 0 Å². The minimum Gasteiger partial charge on any atom is -0.490 e. The van der Waals surface area contributed by atoms with Gasteiger partial charge in [-0.25, -0.2) is 0 Å². The van der Waals surface area contributed by atoms with E-state index in [2.05, 4.69) is 6.92 Å². The first-order chi connectivity index (χ1) is 7.72. The van der Waals surface area contributed by atoms with Gasteiger partial charge >= 0.3 is 0 Å². The lowest BCUT2D eigenvalue weighted by Crippen LogP contribution is -2.02. The fourth-order valence-electron chi connectivity index (χ4n) is 1.61. The quantitative estimate of drug-likeness (QED) is 0.858. The highest BCUT2D eigenvalue weighted by Crippen LogP contribution is 2.30. The van der Waals surface area contributed by atoms with E-state index in [0.29, 0.717) is 6.61 Å². The normalized spacial score (nSPS) is 12.9. The van der Waals surface area contributed by atoms with Gasteiger partial charge in [-0.05, 0) is 25.5 Å². The molecule has 0 spiro atoms. The molecule has 0 aliphatic rings. The lowest BCUT2D eigenvalue weighted by atomic mass is 10.2. The Kier molecular flexibility index (Phi) is 3.15. The number of furan rings is 1. The molecule has 0 fully saturated rings. The van der Waals surface area contributed by atoms with E-state index in [0.717, 1.165) is 28.9 Å². The van der Waals surface area contributed by atoms with E-state index in [-0.39, 0.29) is 6.04 Å². The molecule has 0 saturated carbocycles. The highest BCUT2D eigenvalue weighted by Gasteiger charge is 2.11. The molecule has 2 N–H and O–H groups in total. The maximum atomic E-state index is 5.79. The average molecular weight is 219 g/mol. The van der Waals surface area contributed by atoms with Gasteiger partial charge in [0.2, 0.25) is 0 Å². The third-order valence-electron chi connectivity index (χ3n) is 2.44. The summed E-state index contributed by atoms with van der Waals surface area (Å²) in [6, 6.07) is 7.77. The molecule has 0 radical (unpaired) electrons. The van der Waals surface area contributed by atoms with Crippen LogP contribution in [-0.2, 0) is 0 Å². The highest BCUT2D eigenvalue weighted by atomic mass is 16.5. The van der Waals surface area contributed by atoms with Crippen LogP contribution in [0.1, 0.15) is 32.1 Å². The molecule has 16 heavy (non-hydrogen) atoms. The van der Waals surface area contributed by atoms with Crippen LogP contribution in [0.25, 0.3) is 11.0 Å². The van der Waals surface area contributed by atoms with Crippen LogP contribution in [0.4, 0.5) is 0 Å². The number of rotatable bonds is 4. The summed E-state index contributed by atoms with van der Waals surface area (Å²) in [7, 11) is 0. The van der Waals surface area contributed by atoms with Crippen LogP contribution in [0.15, 0.2) is 28.7 Å². The molecule has 86 valence electrons. The van der Waals surface area contributed by atoms with Crippen LogP contribution < -0.4 is 10.5 Å². The molecule has 0 saturated heterocycles. The molecular weight excluding hydrogens is 202 g/mol. The molecule has 0 aliphatic heterocycles. The van der Waals surface area contributed by atoms with Crippen LogP contribution in [-0.4, -0.2) is 6.61 Å². The second-order valence-electron chi connectivity index (χ2n) is 3.96. The van der Waals surface area contributed by atoms with Crippen LogP contribution in [0.2, 0.25) is 0 Å². The number of hydrogen-bond acceptors (Lipinski definition) is 3. The topological polar surface area (TPSA) is 48.4 Å². The number of hydrogen-bond donors (Lipinski definition) is 1. The van der Waals surface area contributed by atoms with Gasteiger partial charge in [-0.15, -0.1) is 0 Å². The number of benzene rings is 1. The Hall–Kier alpha value is -1.48. The van der Waals surface area contributed by atoms with Gasteiger partial charge in [-0.3, -0.25) is 0 Å². The Bertz CT molecular complexity index is 474. The van der Waals surface area contributed by atoms with Gasteiger partial charge in [0.25, 0.3) is 0 Å². The summed E-state index contributed by atoms with van der Waals surface area (Å²) in [6.07, 6.45) is 0.983. The predicted octanol–water partition coefficient (Wildman–Crippen LogP) is 3.24. The van der Waals surface area contributed by atoms with E-state index in [4.69, 9.17) is 14.9 Å². The molecule has 1 unspecified atom stereocenters. The minimum atomic E-state index is -0.0913. The van der Waals surface area contributed by atoms with Crippen molar-refractivity contribution in [1.29, 1.82) is 0 Å². The molecule has 0 bridgehead atoms. The molecule has 3 nitrogen and oxygen atoms in total. The van der Waals surface area contributed by atoms with Gasteiger partial charge in [0.15, 0.2) is 11.3 Å². The predicted molar refractivity (Wildman–Crippen MR) is 64.6 cm³/mol. The van der Waals surface area contributed by atoms with Crippen LogP contribution >= 0.6 is 0 Å². The van der Waals surface area contributed by atoms with Gasteiger partial charge in [-0.2, -0.15) is 0 Å². The Balaban J connectivity index is 2.41. The SMILES string of the molecule is CCCOc1cccc2cc(C(C)N)oc12. The molecular formula is C13H17NO2. The van der Waals surface area contributed by atoms with E-state index in [9.17, 15) is 0 Å². The molecule has 2 aromatic rings. The fraction of sp³-hybridized carbons (Fsp3) is 0.385. The van der Waals surface area contributed by atoms with E-state index in [1.807, 2.05) is 31.2 Å². The Morgan fingerprint density at radius 3 is 2.94 bits per heavy atom. The molecule has 3 heteroatoms. The molecule has 1 atom stereocenters. The summed E-state index contributed by atoms with van der Waals surface area (Å²) in [4.78, 5) is 0. The van der Waals surface area contributed by atoms with Gasteiger partial charge in [0.1, 0.15) is 5.76 Å². The van der Waals surface area contributed by atoms with E-state index >= 15 is 0 Å². The summed E-state index contributed by atoms with van der Waals surface area (Å²) in [5.41, 5.74) is 6.59. The van der Waals surface area contributed by atoms with E-state index < -0.39 is 0 Å². The largest absolute Gasteiger partial charge is 0.490 e. The number of ether oxygens (including phenoxy) is 1. The molecule has 0 amide bonds. The Labute approximate surface area is 95.2 Å². The van der Waals surface area contributed by atoms with Crippen LogP contribution in [0.3, 0.4) is 0 Å². The summed E-state index contributed by atoms with van der Waals surface area (Å²) in [5.74, 6) is 1.59. The maximum Gasteiger partial charge on any atom is 0.176 e. The van der Waals surface area contributed by atoms with Crippen molar-refractivity contribution in [2.24, 2.45) is 5.73 Å². The second kappa shape index (κ2) is 4.58. The number of para-hydroxylation sites is 1. The second-order valence-corrected chi connectivity index (χ2v) is 3.96. The lowest BCUT2D eigenvalue weighted by molar-refractivity contribution is 0.315. The molecule has 2 rings (SSSR count). The van der Waals surface area contributed by atoms with Gasteiger partial charge in [-0.1, -0.05) is 19.1 Å². The van der Waals surface area contributed by atoms with Crippen LogP contribution in [0.5, 0.6) is 5.75 Å². The summed E-state index contributed by atoms with van der Waals surface area (Å²) < 4.78 is 11.3. The first kappa shape index (κ1) is 11.0. The van der Waals surface area contributed by atoms with Gasteiger partial charge < -0.3 is 14.9 Å². The summed E-state index contributed by atoms with van der Waals surface area (Å²) in [5, 5.41) is 1.04. The maximum absolute atomic E-state index is 5.79. The van der Waals surface area contributed by atoms with E-state index in [1.54, 1.807) is 0 Å². The molecule has 1 heterocycles. The first-order valence-corrected chi connectivity index (χ1v) is 5.63. The monoisotopic (exact) mass is 219 g/mol. The van der Waals surface area contributed by atoms with Crippen molar-refractivity contribution in [3.63, 3.8) is 0 Å². The fourth-order valence-corrected chi connectivity index (χ4v) is 1.61. The van der Waals surface area contributed by atoms with Gasteiger partial charge in [0, 0.05) is 5.39 Å². The standard InChI is InChI=1S/C13H17NO2/c1-3-7-15-11-6-4-5-10-8-12(9(2)14)16-13(10)11/h4-6,8-9H,3,7,14H2,1-2H3. The Morgan fingerprint density at radius 2 is 2.25 bits per heavy atom. The van der Waals surface area contributed by atoms with Crippen molar-refractivity contribution in [3.05, 3.63) is 30.0 Å². The zero-order chi connectivity index (χ0) is 11.5. The van der Waals surface area contributed by atoms with Crippen molar-refractivity contribution < 1.29 is 9.15 Å². The van der Waals surface area contributed by atoms with Crippen molar-refractivity contribution in [2.45, 2.75) is 26.3 Å². The van der Waals surface area contributed by atoms with Crippen molar-refractivity contribution in [3.8, 4) is 5.75 Å². The Morgan fingerprint density at radius 1 is 1.44 bits per heavy atom. The van der Waals surface area contributed by atoms with E-state index in [1.165, 1.54) is 0 Å². The highest BCUT2D eigenvalue weighted by molar-refractivity contribution is 5.83. The minimum absolute atomic E-state index is 0.0913. The molecule has 1 aromatic carbocycles. The third-order valence-corrected chi connectivity index (χ3v) is 2.44. The lowest BCUT2D eigenvalue weighted by Gasteiger charge is -2.04. The zero-order valence-electron chi connectivity index (χ0n) is 9.69. The molecule has 1 aromatic heterocycles. The molecule has 0 aliphatic carbocycles. The average Bonchev–Trinajstić information content (AvgIpc) is 2.70. The van der Waals surface area contributed by atoms with Crippen molar-refractivity contribution in [2.75, 3.05) is 6.61 Å². The zero-order valence-corrected chi connectivity index (χ0v) is 9.69. The number of nitrogens with two attached hydrogens (primary N) is 1. The third kappa shape index (κ3) is 2.04. The smallest absolute Gasteiger partial charge is 0.176 e. The number of fused-ring (bicyclic) bond motifs is 1. The van der Waals surface area contributed by atoms with Crippen molar-refractivity contribution >= 4 is 11.0 Å². The summed E-state index contributed by atoms with van der Waals surface area (Å²) >= 11 is 0. The first-order valence-electron chi connectivity index (χ1n) is 5.63. The summed E-state index contributed by atoms with van der Waals surface area (Å²) in [6.45, 7) is 4.69. The van der Waals surface area contributed by atoms with Crippen LogP contribution in [0, 0.1) is 0 Å². The van der Waals surface area contributed by atoms with Gasteiger partial charge in [0.05, 0.1) is 12.6 Å².